The molecule has 1 atom stereocenters. The lowest BCUT2D eigenvalue weighted by atomic mass is 9.76. The summed E-state index contributed by atoms with van der Waals surface area (Å²) >= 11 is 3.48. The van der Waals surface area contributed by atoms with Gasteiger partial charge in [0, 0.05) is 21.5 Å². The average molecular weight is 661 g/mol. The third-order valence-corrected chi connectivity index (χ3v) is 9.06. The summed E-state index contributed by atoms with van der Waals surface area (Å²) in [6.45, 7) is 0. The highest BCUT2D eigenvalue weighted by Gasteiger charge is 2.62. The number of ketones is 4. The molecule has 3 aliphatic carbocycles. The summed E-state index contributed by atoms with van der Waals surface area (Å²) in [5, 5.41) is 45.1. The summed E-state index contributed by atoms with van der Waals surface area (Å²) in [5.41, 5.74) is -2.51. The Morgan fingerprint density at radius 1 is 1.02 bits per heavy atom. The number of rotatable bonds is 4. The maximum Gasteiger partial charge on any atom is 0.260 e. The van der Waals surface area contributed by atoms with Crippen molar-refractivity contribution in [3.63, 3.8) is 0 Å². The Morgan fingerprint density at radius 2 is 1.68 bits per heavy atom. The van der Waals surface area contributed by atoms with Crippen molar-refractivity contribution in [2.24, 2.45) is 5.10 Å². The average Bonchev–Trinajstić information content (AvgIpc) is 3.71. The van der Waals surface area contributed by atoms with Crippen LogP contribution in [0.25, 0.3) is 10.8 Å². The first-order valence-corrected chi connectivity index (χ1v) is 13.6. The zero-order chi connectivity index (χ0) is 31.2. The van der Waals surface area contributed by atoms with Crippen LogP contribution in [0, 0.1) is 0 Å². The Hall–Kier alpha value is -5.64. The van der Waals surface area contributed by atoms with Crippen LogP contribution in [0.1, 0.15) is 64.7 Å². The van der Waals surface area contributed by atoms with Gasteiger partial charge in [-0.2, -0.15) is 5.10 Å². The predicted octanol–water partition coefficient (Wildman–Crippen LogP) is 1.75. The van der Waals surface area contributed by atoms with Crippen molar-refractivity contribution in [1.82, 2.24) is 19.9 Å². The minimum atomic E-state index is -2.16. The van der Waals surface area contributed by atoms with Crippen LogP contribution in [-0.2, 0) is 16.6 Å². The number of hydrazone groups is 1. The molecule has 44 heavy (non-hydrogen) atoms. The van der Waals surface area contributed by atoms with Gasteiger partial charge < -0.3 is 25.0 Å². The fourth-order valence-electron chi connectivity index (χ4n) is 6.29. The van der Waals surface area contributed by atoms with Crippen LogP contribution in [0.5, 0.6) is 17.2 Å². The molecule has 0 bridgehead atoms. The second kappa shape index (κ2) is 9.18. The van der Waals surface area contributed by atoms with Crippen LogP contribution in [0.2, 0.25) is 0 Å². The predicted molar refractivity (Wildman–Crippen MR) is 153 cm³/mol. The zero-order valence-corrected chi connectivity index (χ0v) is 23.8. The number of halogens is 1. The Kier molecular flexibility index (Phi) is 5.68. The number of ether oxygens (including phenoxy) is 1. The van der Waals surface area contributed by atoms with Crippen molar-refractivity contribution in [3.8, 4) is 17.2 Å². The van der Waals surface area contributed by atoms with Gasteiger partial charge in [-0.3, -0.25) is 24.0 Å². The summed E-state index contributed by atoms with van der Waals surface area (Å²) in [7, 11) is 1.13. The first-order chi connectivity index (χ1) is 21.0. The molecule has 16 heteroatoms. The topological polar surface area (TPSA) is 226 Å². The maximum absolute atomic E-state index is 14.2. The number of Topliss-reactive ketones (excluding diaryl/α,β-unsaturated/α-hetero) is 3. The molecule has 0 aliphatic heterocycles. The number of hydrogen-bond donors (Lipinski definition) is 5. The molecule has 3 aliphatic rings. The highest BCUT2D eigenvalue weighted by molar-refractivity contribution is 9.10. The number of H-pyrrole nitrogens is 1. The van der Waals surface area contributed by atoms with E-state index in [0.29, 0.717) is 10.0 Å². The van der Waals surface area contributed by atoms with Gasteiger partial charge >= 0.3 is 0 Å². The number of nitrogens with one attached hydrogen (secondary N) is 2. The Morgan fingerprint density at radius 3 is 2.34 bits per heavy atom. The molecule has 15 nitrogen and oxygen atoms in total. The summed E-state index contributed by atoms with van der Waals surface area (Å²) in [4.78, 5) is 70.0. The highest BCUT2D eigenvalue weighted by Crippen LogP contribution is 2.58. The van der Waals surface area contributed by atoms with E-state index in [1.54, 1.807) is 0 Å². The molecule has 0 fully saturated rings. The SMILES string of the molecule is COC1=CC(=O)c2c(O)c3c(c(O)c2C1=O)C(=O)[C@]1(CCc2c1c(O)c1c(=O)[nH]c(/C=N/Nn4cnnc4)cc1c2Br)C3=O. The van der Waals surface area contributed by atoms with Gasteiger partial charge in [0.1, 0.15) is 35.3 Å². The van der Waals surface area contributed by atoms with Crippen LogP contribution >= 0.6 is 15.9 Å². The normalized spacial score (nSPS) is 18.7. The summed E-state index contributed by atoms with van der Waals surface area (Å²) in [6.07, 6.45) is 4.71. The molecule has 220 valence electrons. The number of phenols is 3. The summed E-state index contributed by atoms with van der Waals surface area (Å²) in [6, 6.07) is 1.53. The van der Waals surface area contributed by atoms with E-state index in [-0.39, 0.29) is 34.9 Å². The van der Waals surface area contributed by atoms with Crippen molar-refractivity contribution in [3.05, 3.63) is 84.5 Å². The number of allylic oxidation sites excluding steroid dienone is 2. The largest absolute Gasteiger partial charge is 0.507 e. The maximum atomic E-state index is 14.2. The monoisotopic (exact) mass is 660 g/mol. The standard InChI is InChI=1S/C28H17BrN6O9/c1-44-13-5-12(36)15-16(21(13)37)23(39)18-17(22(15)38)25(41)28(26(18)42)3-2-10-19(28)24(40)14-11(20(10)29)4-9(33-27(14)43)6-30-34-35-7-31-32-8-35/h4-8,34,38-40H,2-3H2,1H3,(H,33,43)/b30-6+/t28-/m0/s1. The molecule has 2 aromatic carbocycles. The van der Waals surface area contributed by atoms with Crippen molar-refractivity contribution in [2.45, 2.75) is 18.3 Å². The van der Waals surface area contributed by atoms with E-state index in [4.69, 9.17) is 4.74 Å². The van der Waals surface area contributed by atoms with Crippen molar-refractivity contribution in [1.29, 1.82) is 0 Å². The summed E-state index contributed by atoms with van der Waals surface area (Å²) in [5.74, 6) is -6.85. The van der Waals surface area contributed by atoms with Crippen LogP contribution in [0.15, 0.2) is 44.9 Å². The molecular formula is C28H17BrN6O9. The van der Waals surface area contributed by atoms with Gasteiger partial charge in [-0.1, -0.05) is 0 Å². The summed E-state index contributed by atoms with van der Waals surface area (Å²) < 4.78 is 6.59. The zero-order valence-electron chi connectivity index (χ0n) is 22.3. The van der Waals surface area contributed by atoms with Gasteiger partial charge in [-0.15, -0.1) is 10.2 Å². The number of hydrogen-bond acceptors (Lipinski definition) is 13. The number of benzene rings is 2. The van der Waals surface area contributed by atoms with E-state index in [1.807, 2.05) is 0 Å². The van der Waals surface area contributed by atoms with Gasteiger partial charge in [-0.25, -0.2) is 10.2 Å². The minimum Gasteiger partial charge on any atom is -0.507 e. The number of aromatic hydroxyl groups is 3. The number of pyridine rings is 1. The molecule has 0 radical (unpaired) electrons. The highest BCUT2D eigenvalue weighted by atomic mass is 79.9. The van der Waals surface area contributed by atoms with E-state index in [1.165, 1.54) is 29.6 Å². The number of carbonyl (C=O) groups is 4. The van der Waals surface area contributed by atoms with Crippen LogP contribution in [-0.4, -0.2) is 71.6 Å². The van der Waals surface area contributed by atoms with Crippen molar-refractivity contribution >= 4 is 56.0 Å². The number of fused-ring (bicyclic) bond motifs is 5. The second-order valence-corrected chi connectivity index (χ2v) is 11.0. The third kappa shape index (κ3) is 3.30. The number of phenolic OH excluding ortho intramolecular Hbond substituents is 3. The fourth-order valence-corrected chi connectivity index (χ4v) is 7.00. The Labute approximate surface area is 252 Å². The molecule has 2 aromatic heterocycles. The second-order valence-electron chi connectivity index (χ2n) is 10.3. The van der Waals surface area contributed by atoms with Gasteiger partial charge in [0.2, 0.25) is 5.78 Å². The van der Waals surface area contributed by atoms with Gasteiger partial charge in [0.25, 0.3) is 5.56 Å². The first kappa shape index (κ1) is 27.2. The fraction of sp³-hybridized carbons (Fsp3) is 0.143. The minimum absolute atomic E-state index is 0.0742. The van der Waals surface area contributed by atoms with E-state index >= 15 is 0 Å². The van der Waals surface area contributed by atoms with Crippen LogP contribution in [0.3, 0.4) is 0 Å². The molecule has 4 aromatic rings. The third-order valence-electron chi connectivity index (χ3n) is 8.16. The van der Waals surface area contributed by atoms with Crippen LogP contribution < -0.4 is 11.1 Å². The van der Waals surface area contributed by atoms with E-state index in [9.17, 15) is 39.3 Å². The number of aromatic amines is 1. The van der Waals surface area contributed by atoms with E-state index < -0.39 is 79.4 Å². The number of aromatic nitrogens is 4. The smallest absolute Gasteiger partial charge is 0.260 e. The number of methoxy groups -OCH3 is 1. The molecule has 0 saturated carbocycles. The molecular weight excluding hydrogens is 644 g/mol. The first-order valence-electron chi connectivity index (χ1n) is 12.8. The molecule has 0 saturated heterocycles. The molecule has 0 unspecified atom stereocenters. The van der Waals surface area contributed by atoms with E-state index in [2.05, 4.69) is 41.7 Å². The van der Waals surface area contributed by atoms with Crippen LogP contribution in [0.4, 0.5) is 0 Å². The van der Waals surface area contributed by atoms with Gasteiger partial charge in [-0.05, 0) is 40.4 Å². The number of nitrogens with zero attached hydrogens (tertiary/aromatic N) is 4. The quantitative estimate of drug-likeness (QED) is 0.0913. The molecule has 2 heterocycles. The van der Waals surface area contributed by atoms with Crippen molar-refractivity contribution in [2.75, 3.05) is 12.6 Å². The molecule has 7 rings (SSSR count). The lowest BCUT2D eigenvalue weighted by Gasteiger charge is -2.23. The number of carbonyl (C=O) groups excluding carboxylic acids is 4. The molecule has 5 N–H and O–H groups in total. The molecule has 1 spiro atoms. The lowest BCUT2D eigenvalue weighted by Crippen LogP contribution is -2.36. The van der Waals surface area contributed by atoms with Crippen molar-refractivity contribution < 1.29 is 39.2 Å². The molecule has 0 amide bonds. The van der Waals surface area contributed by atoms with E-state index in [0.717, 1.165) is 13.2 Å². The Bertz CT molecular complexity index is 2180. The lowest BCUT2D eigenvalue weighted by molar-refractivity contribution is 0.0790. The van der Waals surface area contributed by atoms with Gasteiger partial charge in [0.05, 0.1) is 46.7 Å². The van der Waals surface area contributed by atoms with Gasteiger partial charge in [0.15, 0.2) is 23.1 Å². The Balaban J connectivity index is 1.41.